The van der Waals surface area contributed by atoms with Crippen molar-refractivity contribution in [3.05, 3.63) is 29.6 Å². The van der Waals surface area contributed by atoms with E-state index >= 15 is 0 Å². The maximum Gasteiger partial charge on any atom is 0.123 e. The molecule has 1 aliphatic rings. The first-order chi connectivity index (χ1) is 9.61. The molecule has 1 saturated heterocycles. The topological polar surface area (TPSA) is 29.3 Å². The van der Waals surface area contributed by atoms with Gasteiger partial charge in [-0.15, -0.1) is 0 Å². The van der Waals surface area contributed by atoms with Crippen LogP contribution in [-0.2, 0) is 0 Å². The minimum atomic E-state index is -0.195. The SMILES string of the molecule is CCCC1CCCN(c2ccc(F)cc2[C@H](C)N)CC1. The second-order valence-corrected chi connectivity index (χ2v) is 6.06. The highest BCUT2D eigenvalue weighted by atomic mass is 19.1. The van der Waals surface area contributed by atoms with E-state index in [-0.39, 0.29) is 11.9 Å². The van der Waals surface area contributed by atoms with E-state index in [2.05, 4.69) is 11.8 Å². The van der Waals surface area contributed by atoms with Gasteiger partial charge in [-0.2, -0.15) is 0 Å². The van der Waals surface area contributed by atoms with Crippen molar-refractivity contribution in [3.63, 3.8) is 0 Å². The smallest absolute Gasteiger partial charge is 0.123 e. The average molecular weight is 278 g/mol. The molecule has 2 atom stereocenters. The standard InChI is InChI=1S/C17H27FN2/c1-3-5-14-6-4-10-20(11-9-14)17-8-7-15(18)12-16(17)13(2)19/h7-8,12-14H,3-6,9-11,19H2,1-2H3/t13-,14?/m0/s1. The molecular weight excluding hydrogens is 251 g/mol. The molecule has 0 aliphatic carbocycles. The number of nitrogens with zero attached hydrogens (tertiary/aromatic N) is 1. The molecule has 3 heteroatoms. The summed E-state index contributed by atoms with van der Waals surface area (Å²) in [6.45, 7) is 6.31. The Morgan fingerprint density at radius 3 is 2.85 bits per heavy atom. The van der Waals surface area contributed by atoms with Gasteiger partial charge in [0.05, 0.1) is 0 Å². The fraction of sp³-hybridized carbons (Fsp3) is 0.647. The zero-order valence-corrected chi connectivity index (χ0v) is 12.7. The third-order valence-corrected chi connectivity index (χ3v) is 4.37. The Balaban J connectivity index is 2.15. The van der Waals surface area contributed by atoms with Crippen LogP contribution in [0.5, 0.6) is 0 Å². The van der Waals surface area contributed by atoms with Crippen molar-refractivity contribution >= 4 is 5.69 Å². The lowest BCUT2D eigenvalue weighted by Crippen LogP contribution is -2.26. The minimum Gasteiger partial charge on any atom is -0.371 e. The Morgan fingerprint density at radius 2 is 2.15 bits per heavy atom. The van der Waals surface area contributed by atoms with Gasteiger partial charge in [0, 0.05) is 24.8 Å². The molecule has 0 bridgehead atoms. The first kappa shape index (κ1) is 15.3. The van der Waals surface area contributed by atoms with Gasteiger partial charge in [0.1, 0.15) is 5.82 Å². The van der Waals surface area contributed by atoms with Gasteiger partial charge in [0.15, 0.2) is 0 Å². The largest absolute Gasteiger partial charge is 0.371 e. The number of nitrogens with two attached hydrogens (primary N) is 1. The van der Waals surface area contributed by atoms with Crippen LogP contribution >= 0.6 is 0 Å². The van der Waals surface area contributed by atoms with E-state index in [0.29, 0.717) is 0 Å². The molecule has 0 spiro atoms. The maximum absolute atomic E-state index is 13.4. The van der Waals surface area contributed by atoms with Crippen molar-refractivity contribution in [2.75, 3.05) is 18.0 Å². The van der Waals surface area contributed by atoms with E-state index in [1.165, 1.54) is 32.1 Å². The second kappa shape index (κ2) is 7.07. The summed E-state index contributed by atoms with van der Waals surface area (Å²) in [6.07, 6.45) is 6.38. The highest BCUT2D eigenvalue weighted by Crippen LogP contribution is 2.30. The quantitative estimate of drug-likeness (QED) is 0.892. The number of benzene rings is 1. The fourth-order valence-corrected chi connectivity index (χ4v) is 3.28. The molecule has 2 nitrogen and oxygen atoms in total. The molecule has 0 amide bonds. The second-order valence-electron chi connectivity index (χ2n) is 6.06. The van der Waals surface area contributed by atoms with Crippen LogP contribution in [0.3, 0.4) is 0 Å². The number of hydrogen-bond donors (Lipinski definition) is 1. The molecule has 2 N–H and O–H groups in total. The molecule has 1 heterocycles. The summed E-state index contributed by atoms with van der Waals surface area (Å²) in [4.78, 5) is 2.40. The van der Waals surface area contributed by atoms with Crippen molar-refractivity contribution in [1.82, 2.24) is 0 Å². The first-order valence-corrected chi connectivity index (χ1v) is 7.91. The van der Waals surface area contributed by atoms with Gasteiger partial charge < -0.3 is 10.6 Å². The van der Waals surface area contributed by atoms with Crippen molar-refractivity contribution < 1.29 is 4.39 Å². The van der Waals surface area contributed by atoms with Crippen LogP contribution in [0, 0.1) is 11.7 Å². The van der Waals surface area contributed by atoms with Crippen LogP contribution in [0.15, 0.2) is 18.2 Å². The molecule has 0 radical (unpaired) electrons. The predicted octanol–water partition coefficient (Wildman–Crippen LogP) is 4.25. The van der Waals surface area contributed by atoms with Crippen molar-refractivity contribution in [2.24, 2.45) is 11.7 Å². The number of halogens is 1. The minimum absolute atomic E-state index is 0.129. The summed E-state index contributed by atoms with van der Waals surface area (Å²) in [6, 6.07) is 4.91. The van der Waals surface area contributed by atoms with Crippen molar-refractivity contribution in [3.8, 4) is 0 Å². The van der Waals surface area contributed by atoms with Gasteiger partial charge in [-0.1, -0.05) is 19.8 Å². The molecule has 1 aromatic carbocycles. The summed E-state index contributed by atoms with van der Waals surface area (Å²) in [7, 11) is 0. The van der Waals surface area contributed by atoms with E-state index in [4.69, 9.17) is 5.73 Å². The van der Waals surface area contributed by atoms with E-state index < -0.39 is 0 Å². The molecule has 1 fully saturated rings. The van der Waals surface area contributed by atoms with Crippen LogP contribution in [0.2, 0.25) is 0 Å². The monoisotopic (exact) mass is 278 g/mol. The predicted molar refractivity (Wildman–Crippen MR) is 83.5 cm³/mol. The van der Waals surface area contributed by atoms with Crippen LogP contribution in [-0.4, -0.2) is 13.1 Å². The zero-order chi connectivity index (χ0) is 14.5. The maximum atomic E-state index is 13.4. The molecular formula is C17H27FN2. The Bertz CT molecular complexity index is 431. The lowest BCUT2D eigenvalue weighted by molar-refractivity contribution is 0.435. The molecule has 20 heavy (non-hydrogen) atoms. The van der Waals surface area contributed by atoms with Crippen LogP contribution < -0.4 is 10.6 Å². The molecule has 0 saturated carbocycles. The van der Waals surface area contributed by atoms with Gasteiger partial charge in [-0.25, -0.2) is 4.39 Å². The molecule has 1 aromatic rings. The zero-order valence-electron chi connectivity index (χ0n) is 12.7. The Hall–Kier alpha value is -1.09. The molecule has 0 aromatic heterocycles. The van der Waals surface area contributed by atoms with Crippen LogP contribution in [0.25, 0.3) is 0 Å². The van der Waals surface area contributed by atoms with E-state index in [1.807, 2.05) is 13.0 Å². The van der Waals surface area contributed by atoms with Gasteiger partial charge in [0.2, 0.25) is 0 Å². The number of hydrogen-bond acceptors (Lipinski definition) is 2. The van der Waals surface area contributed by atoms with Crippen LogP contribution in [0.1, 0.15) is 57.6 Å². The highest BCUT2D eigenvalue weighted by Gasteiger charge is 2.19. The van der Waals surface area contributed by atoms with Crippen molar-refractivity contribution in [1.29, 1.82) is 0 Å². The number of anilines is 1. The van der Waals surface area contributed by atoms with Crippen LogP contribution in [0.4, 0.5) is 10.1 Å². The van der Waals surface area contributed by atoms with Gasteiger partial charge in [-0.3, -0.25) is 0 Å². The van der Waals surface area contributed by atoms with E-state index in [1.54, 1.807) is 12.1 Å². The fourth-order valence-electron chi connectivity index (χ4n) is 3.28. The highest BCUT2D eigenvalue weighted by molar-refractivity contribution is 5.55. The van der Waals surface area contributed by atoms with Gasteiger partial charge >= 0.3 is 0 Å². The Morgan fingerprint density at radius 1 is 1.35 bits per heavy atom. The molecule has 1 unspecified atom stereocenters. The van der Waals surface area contributed by atoms with E-state index in [9.17, 15) is 4.39 Å². The molecule has 112 valence electrons. The number of rotatable bonds is 4. The summed E-state index contributed by atoms with van der Waals surface area (Å²) in [5.74, 6) is 0.656. The Kier molecular flexibility index (Phi) is 5.41. The Labute approximate surface area is 122 Å². The van der Waals surface area contributed by atoms with Gasteiger partial charge in [0.25, 0.3) is 0 Å². The average Bonchev–Trinajstić information content (AvgIpc) is 2.65. The molecule has 2 rings (SSSR count). The third-order valence-electron chi connectivity index (χ3n) is 4.37. The summed E-state index contributed by atoms with van der Waals surface area (Å²) in [5.41, 5.74) is 8.06. The van der Waals surface area contributed by atoms with E-state index in [0.717, 1.165) is 30.3 Å². The summed E-state index contributed by atoms with van der Waals surface area (Å²) >= 11 is 0. The van der Waals surface area contributed by atoms with Gasteiger partial charge in [-0.05, 0) is 55.9 Å². The normalized spacial score (nSPS) is 21.6. The third kappa shape index (κ3) is 3.72. The summed E-state index contributed by atoms with van der Waals surface area (Å²) in [5, 5.41) is 0. The summed E-state index contributed by atoms with van der Waals surface area (Å²) < 4.78 is 13.4. The molecule has 1 aliphatic heterocycles. The van der Waals surface area contributed by atoms with Crippen molar-refractivity contribution in [2.45, 2.75) is 52.0 Å². The lowest BCUT2D eigenvalue weighted by Gasteiger charge is -2.27. The first-order valence-electron chi connectivity index (χ1n) is 7.91. The lowest BCUT2D eigenvalue weighted by atomic mass is 9.96.